The molecule has 2 atom stereocenters. The third-order valence-corrected chi connectivity index (χ3v) is 6.87. The number of hydrogen-bond acceptors (Lipinski definition) is 3. The van der Waals surface area contributed by atoms with Crippen molar-refractivity contribution in [2.75, 3.05) is 26.7 Å². The summed E-state index contributed by atoms with van der Waals surface area (Å²) in [6, 6.07) is 0.716. The van der Waals surface area contributed by atoms with E-state index in [0.717, 1.165) is 25.8 Å². The fraction of sp³-hybridized carbons (Fsp3) is 1.00. The molecule has 2 unspecified atom stereocenters. The van der Waals surface area contributed by atoms with Crippen LogP contribution in [0.2, 0.25) is 0 Å². The molecule has 0 spiro atoms. The Morgan fingerprint density at radius 2 is 1.95 bits per heavy atom. The predicted molar refractivity (Wildman–Crippen MR) is 86.4 cm³/mol. The molecule has 0 aromatic heterocycles. The number of fused-ring (bicyclic) bond motifs is 1. The van der Waals surface area contributed by atoms with Crippen molar-refractivity contribution in [2.24, 2.45) is 5.92 Å². The quantitative estimate of drug-likeness (QED) is 0.729. The summed E-state index contributed by atoms with van der Waals surface area (Å²) in [5, 5.41) is 3.33. The van der Waals surface area contributed by atoms with Crippen LogP contribution in [0.4, 0.5) is 0 Å². The largest absolute Gasteiger partial charge is 0.314 e. The maximum atomic E-state index is 12.7. The average Bonchev–Trinajstić information content (AvgIpc) is 2.87. The van der Waals surface area contributed by atoms with Crippen molar-refractivity contribution in [3.63, 3.8) is 0 Å². The summed E-state index contributed by atoms with van der Waals surface area (Å²) < 4.78 is 28.8. The minimum absolute atomic E-state index is 0.264. The van der Waals surface area contributed by atoms with E-state index in [1.54, 1.807) is 15.7 Å². The van der Waals surface area contributed by atoms with E-state index in [-0.39, 0.29) is 6.04 Å². The molecule has 1 saturated heterocycles. The second kappa shape index (κ2) is 7.40. The van der Waals surface area contributed by atoms with Crippen LogP contribution in [0.5, 0.6) is 0 Å². The molecule has 1 N–H and O–H groups in total. The van der Waals surface area contributed by atoms with Gasteiger partial charge in [0.15, 0.2) is 0 Å². The second-order valence-electron chi connectivity index (χ2n) is 6.80. The third kappa shape index (κ3) is 4.18. The summed E-state index contributed by atoms with van der Waals surface area (Å²) in [5.41, 5.74) is 0. The van der Waals surface area contributed by atoms with Crippen LogP contribution >= 0.6 is 0 Å². The van der Waals surface area contributed by atoms with Gasteiger partial charge in [0, 0.05) is 32.2 Å². The van der Waals surface area contributed by atoms with Gasteiger partial charge in [-0.3, -0.25) is 0 Å². The van der Waals surface area contributed by atoms with Crippen LogP contribution in [0, 0.1) is 5.92 Å². The number of hydrogen-bond donors (Lipinski definition) is 1. The van der Waals surface area contributed by atoms with Gasteiger partial charge in [0.1, 0.15) is 0 Å². The zero-order chi connectivity index (χ0) is 15.5. The average molecular weight is 317 g/mol. The Kier molecular flexibility index (Phi) is 6.05. The van der Waals surface area contributed by atoms with Gasteiger partial charge in [0.05, 0.1) is 0 Å². The lowest BCUT2D eigenvalue weighted by atomic mass is 9.86. The Labute approximate surface area is 130 Å². The molecular formula is C15H31N3O2S. The Balaban J connectivity index is 1.88. The predicted octanol–water partition coefficient (Wildman–Crippen LogP) is 1.82. The number of nitrogens with zero attached hydrogens (tertiary/aromatic N) is 2. The molecule has 1 saturated carbocycles. The van der Waals surface area contributed by atoms with E-state index in [2.05, 4.69) is 19.2 Å². The van der Waals surface area contributed by atoms with Crippen molar-refractivity contribution in [1.29, 1.82) is 0 Å². The highest BCUT2D eigenvalue weighted by Gasteiger charge is 2.42. The molecule has 1 aliphatic heterocycles. The zero-order valence-corrected chi connectivity index (χ0v) is 14.5. The van der Waals surface area contributed by atoms with E-state index in [1.807, 2.05) is 0 Å². The van der Waals surface area contributed by atoms with E-state index in [9.17, 15) is 8.42 Å². The first-order chi connectivity index (χ1) is 9.93. The summed E-state index contributed by atoms with van der Waals surface area (Å²) in [4.78, 5) is 0. The van der Waals surface area contributed by atoms with Crippen molar-refractivity contribution in [3.8, 4) is 0 Å². The molecule has 2 fully saturated rings. The van der Waals surface area contributed by atoms with Crippen LogP contribution < -0.4 is 5.32 Å². The second-order valence-corrected chi connectivity index (χ2v) is 8.79. The van der Waals surface area contributed by atoms with Gasteiger partial charge in [-0.05, 0) is 38.1 Å². The summed E-state index contributed by atoms with van der Waals surface area (Å²) in [5.74, 6) is 0.601. The Morgan fingerprint density at radius 1 is 1.24 bits per heavy atom. The smallest absolute Gasteiger partial charge is 0.281 e. The first-order valence-corrected chi connectivity index (χ1v) is 9.79. The van der Waals surface area contributed by atoms with Crippen molar-refractivity contribution < 1.29 is 8.42 Å². The van der Waals surface area contributed by atoms with E-state index in [0.29, 0.717) is 25.0 Å². The Morgan fingerprint density at radius 3 is 2.67 bits per heavy atom. The van der Waals surface area contributed by atoms with Crippen LogP contribution in [0.25, 0.3) is 0 Å². The lowest BCUT2D eigenvalue weighted by Crippen LogP contribution is -2.46. The normalized spacial score (nSPS) is 27.5. The van der Waals surface area contributed by atoms with Crippen LogP contribution in [0.15, 0.2) is 0 Å². The third-order valence-electron chi connectivity index (χ3n) is 4.85. The van der Waals surface area contributed by atoms with E-state index in [4.69, 9.17) is 0 Å². The van der Waals surface area contributed by atoms with Gasteiger partial charge in [0.2, 0.25) is 0 Å². The van der Waals surface area contributed by atoms with Crippen molar-refractivity contribution in [2.45, 2.75) is 64.5 Å². The van der Waals surface area contributed by atoms with Gasteiger partial charge in [-0.1, -0.05) is 26.7 Å². The maximum absolute atomic E-state index is 12.7. The highest BCUT2D eigenvalue weighted by Crippen LogP contribution is 2.38. The summed E-state index contributed by atoms with van der Waals surface area (Å²) >= 11 is 0. The van der Waals surface area contributed by atoms with Crippen molar-refractivity contribution in [3.05, 3.63) is 0 Å². The molecule has 0 aromatic carbocycles. The molecule has 0 aromatic rings. The molecule has 6 heteroatoms. The van der Waals surface area contributed by atoms with Crippen molar-refractivity contribution >= 4 is 10.2 Å². The zero-order valence-electron chi connectivity index (χ0n) is 13.7. The molecule has 0 amide bonds. The highest BCUT2D eigenvalue weighted by molar-refractivity contribution is 7.86. The minimum atomic E-state index is -3.27. The highest BCUT2D eigenvalue weighted by atomic mass is 32.2. The van der Waals surface area contributed by atoms with Crippen molar-refractivity contribution in [1.82, 2.24) is 13.9 Å². The maximum Gasteiger partial charge on any atom is 0.281 e. The van der Waals surface area contributed by atoms with E-state index < -0.39 is 10.2 Å². The van der Waals surface area contributed by atoms with Crippen LogP contribution in [0.1, 0.15) is 52.4 Å². The van der Waals surface area contributed by atoms with E-state index in [1.165, 1.54) is 19.3 Å². The first-order valence-electron chi connectivity index (χ1n) is 8.39. The van der Waals surface area contributed by atoms with Crippen LogP contribution in [-0.2, 0) is 10.2 Å². The van der Waals surface area contributed by atoms with Gasteiger partial charge in [-0.2, -0.15) is 17.0 Å². The van der Waals surface area contributed by atoms with Gasteiger partial charge in [-0.25, -0.2) is 0 Å². The molecular weight excluding hydrogens is 286 g/mol. The van der Waals surface area contributed by atoms with Crippen LogP contribution in [0.3, 0.4) is 0 Å². The van der Waals surface area contributed by atoms with Gasteiger partial charge in [-0.15, -0.1) is 0 Å². The molecule has 2 rings (SSSR count). The van der Waals surface area contributed by atoms with Gasteiger partial charge < -0.3 is 5.32 Å². The lowest BCUT2D eigenvalue weighted by Gasteiger charge is -2.33. The summed E-state index contributed by atoms with van der Waals surface area (Å²) in [6.45, 7) is 6.38. The molecule has 2 aliphatic rings. The standard InChI is InChI=1S/C15H31N3O2S/c1-13(2)16-10-6-11-17(3)21(19,20)18-12-9-14-7-4-5-8-15(14)18/h13-16H,4-12H2,1-3H3. The number of rotatable bonds is 7. The van der Waals surface area contributed by atoms with Gasteiger partial charge >= 0.3 is 0 Å². The molecule has 1 heterocycles. The van der Waals surface area contributed by atoms with Crippen LogP contribution in [-0.4, -0.2) is 55.8 Å². The Bertz CT molecular complexity index is 425. The molecule has 1 aliphatic carbocycles. The SMILES string of the molecule is CC(C)NCCCN(C)S(=O)(=O)N1CCC2CCCCC21. The molecule has 124 valence electrons. The fourth-order valence-electron chi connectivity index (χ4n) is 3.64. The lowest BCUT2D eigenvalue weighted by molar-refractivity contribution is 0.248. The summed E-state index contributed by atoms with van der Waals surface area (Å²) in [7, 11) is -1.55. The summed E-state index contributed by atoms with van der Waals surface area (Å²) in [6.07, 6.45) is 6.61. The molecule has 0 bridgehead atoms. The molecule has 0 radical (unpaired) electrons. The molecule has 21 heavy (non-hydrogen) atoms. The topological polar surface area (TPSA) is 52.7 Å². The Hall–Kier alpha value is -0.170. The monoisotopic (exact) mass is 317 g/mol. The minimum Gasteiger partial charge on any atom is -0.314 e. The van der Waals surface area contributed by atoms with E-state index >= 15 is 0 Å². The molecule has 5 nitrogen and oxygen atoms in total. The first kappa shape index (κ1) is 17.2. The number of nitrogens with one attached hydrogen (secondary N) is 1. The van der Waals surface area contributed by atoms with Gasteiger partial charge in [0.25, 0.3) is 10.2 Å². The fourth-order valence-corrected chi connectivity index (χ4v) is 5.31.